The third-order valence-corrected chi connectivity index (χ3v) is 3.71. The Morgan fingerprint density at radius 1 is 1.21 bits per heavy atom. The van der Waals surface area contributed by atoms with Crippen LogP contribution in [0.25, 0.3) is 0 Å². The van der Waals surface area contributed by atoms with Crippen LogP contribution in [0.15, 0.2) is 48.5 Å². The van der Waals surface area contributed by atoms with E-state index in [1.165, 1.54) is 5.56 Å². The molecule has 0 unspecified atom stereocenters. The minimum absolute atomic E-state index is 0.139. The van der Waals surface area contributed by atoms with Crippen molar-refractivity contribution in [1.29, 1.82) is 0 Å². The lowest BCUT2D eigenvalue weighted by Gasteiger charge is -2.26. The molecule has 1 amide bonds. The average Bonchev–Trinajstić information content (AvgIpc) is 2.61. The summed E-state index contributed by atoms with van der Waals surface area (Å²) in [4.78, 5) is 12.3. The lowest BCUT2D eigenvalue weighted by molar-refractivity contribution is -0.131. The SMILES string of the molecule is Cc1ccc(OC[C@@H](C)NC(=O)[C@H]2COc3ccccc3O2)cc1. The van der Waals surface area contributed by atoms with Gasteiger partial charge < -0.3 is 19.5 Å². The van der Waals surface area contributed by atoms with Crippen molar-refractivity contribution in [2.45, 2.75) is 26.0 Å². The highest BCUT2D eigenvalue weighted by molar-refractivity contribution is 5.82. The van der Waals surface area contributed by atoms with Crippen LogP contribution in [0.5, 0.6) is 17.2 Å². The molecule has 3 rings (SSSR count). The number of para-hydroxylation sites is 2. The van der Waals surface area contributed by atoms with Crippen molar-refractivity contribution in [2.24, 2.45) is 0 Å². The summed E-state index contributed by atoms with van der Waals surface area (Å²) < 4.78 is 16.9. The molecular formula is C19H21NO4. The molecule has 0 aliphatic carbocycles. The number of nitrogens with one attached hydrogen (secondary N) is 1. The summed E-state index contributed by atoms with van der Waals surface area (Å²) >= 11 is 0. The van der Waals surface area contributed by atoms with Crippen LogP contribution in [0.2, 0.25) is 0 Å². The van der Waals surface area contributed by atoms with Crippen molar-refractivity contribution in [1.82, 2.24) is 5.32 Å². The minimum Gasteiger partial charge on any atom is -0.491 e. The molecule has 0 aromatic heterocycles. The van der Waals surface area contributed by atoms with Crippen LogP contribution in [0.3, 0.4) is 0 Å². The molecule has 0 spiro atoms. The van der Waals surface area contributed by atoms with Gasteiger partial charge in [-0.05, 0) is 38.1 Å². The molecule has 126 valence electrons. The molecular weight excluding hydrogens is 306 g/mol. The smallest absolute Gasteiger partial charge is 0.265 e. The first kappa shape index (κ1) is 16.2. The van der Waals surface area contributed by atoms with E-state index in [9.17, 15) is 4.79 Å². The normalized spacial score (nSPS) is 17.0. The lowest BCUT2D eigenvalue weighted by atomic mass is 10.2. The van der Waals surface area contributed by atoms with Gasteiger partial charge in [-0.15, -0.1) is 0 Å². The summed E-state index contributed by atoms with van der Waals surface area (Å²) in [5, 5.41) is 2.89. The van der Waals surface area contributed by atoms with Gasteiger partial charge in [0, 0.05) is 0 Å². The van der Waals surface area contributed by atoms with Crippen LogP contribution >= 0.6 is 0 Å². The number of fused-ring (bicyclic) bond motifs is 1. The summed E-state index contributed by atoms with van der Waals surface area (Å²) in [5.41, 5.74) is 1.18. The van der Waals surface area contributed by atoms with Gasteiger partial charge in [-0.3, -0.25) is 4.79 Å². The van der Waals surface area contributed by atoms with Crippen LogP contribution < -0.4 is 19.5 Å². The van der Waals surface area contributed by atoms with Gasteiger partial charge in [-0.1, -0.05) is 29.8 Å². The largest absolute Gasteiger partial charge is 0.491 e. The molecule has 24 heavy (non-hydrogen) atoms. The van der Waals surface area contributed by atoms with E-state index in [1.54, 1.807) is 6.07 Å². The molecule has 1 N–H and O–H groups in total. The molecule has 5 nitrogen and oxygen atoms in total. The summed E-state index contributed by atoms with van der Waals surface area (Å²) in [5.74, 6) is 1.84. The fourth-order valence-electron chi connectivity index (χ4n) is 2.38. The third-order valence-electron chi connectivity index (χ3n) is 3.71. The number of benzene rings is 2. The summed E-state index contributed by atoms with van der Waals surface area (Å²) in [7, 11) is 0. The molecule has 2 aromatic carbocycles. The number of aryl methyl sites for hydroxylation is 1. The van der Waals surface area contributed by atoms with Crippen LogP contribution in [-0.2, 0) is 4.79 Å². The van der Waals surface area contributed by atoms with Crippen molar-refractivity contribution < 1.29 is 19.0 Å². The summed E-state index contributed by atoms with van der Waals surface area (Å²) in [6.07, 6.45) is -0.651. The highest BCUT2D eigenvalue weighted by Gasteiger charge is 2.28. The monoisotopic (exact) mass is 327 g/mol. The Hall–Kier alpha value is -2.69. The predicted octanol–water partition coefficient (Wildman–Crippen LogP) is 2.72. The van der Waals surface area contributed by atoms with E-state index in [0.717, 1.165) is 5.75 Å². The van der Waals surface area contributed by atoms with Crippen LogP contribution in [0, 0.1) is 6.92 Å². The predicted molar refractivity (Wildman–Crippen MR) is 90.6 cm³/mol. The Kier molecular flexibility index (Phi) is 4.89. The molecule has 2 aromatic rings. The number of carbonyl (C=O) groups is 1. The zero-order valence-electron chi connectivity index (χ0n) is 13.8. The second-order valence-electron chi connectivity index (χ2n) is 5.90. The quantitative estimate of drug-likeness (QED) is 0.917. The molecule has 0 bridgehead atoms. The molecule has 5 heteroatoms. The zero-order valence-corrected chi connectivity index (χ0v) is 13.8. The van der Waals surface area contributed by atoms with Crippen LogP contribution in [0.1, 0.15) is 12.5 Å². The molecule has 1 aliphatic heterocycles. The van der Waals surface area contributed by atoms with Gasteiger partial charge in [0.05, 0.1) is 6.04 Å². The van der Waals surface area contributed by atoms with Gasteiger partial charge in [-0.2, -0.15) is 0 Å². The van der Waals surface area contributed by atoms with Gasteiger partial charge >= 0.3 is 0 Å². The number of carbonyl (C=O) groups excluding carboxylic acids is 1. The summed E-state index contributed by atoms with van der Waals surface area (Å²) in [6, 6.07) is 15.0. The highest BCUT2D eigenvalue weighted by atomic mass is 16.6. The van der Waals surface area contributed by atoms with E-state index in [1.807, 2.05) is 56.3 Å². The van der Waals surface area contributed by atoms with Gasteiger partial charge in [-0.25, -0.2) is 0 Å². The Bertz CT molecular complexity index is 699. The maximum absolute atomic E-state index is 12.3. The van der Waals surface area contributed by atoms with Crippen molar-refractivity contribution in [3.63, 3.8) is 0 Å². The number of rotatable bonds is 5. The first-order valence-corrected chi connectivity index (χ1v) is 8.00. The average molecular weight is 327 g/mol. The van der Waals surface area contributed by atoms with Gasteiger partial charge in [0.25, 0.3) is 5.91 Å². The van der Waals surface area contributed by atoms with Gasteiger partial charge in [0.2, 0.25) is 6.10 Å². The molecule has 1 aliphatic rings. The number of hydrogen-bond acceptors (Lipinski definition) is 4. The second kappa shape index (κ2) is 7.25. The Morgan fingerprint density at radius 2 is 1.92 bits per heavy atom. The van der Waals surface area contributed by atoms with E-state index < -0.39 is 6.10 Å². The van der Waals surface area contributed by atoms with E-state index in [2.05, 4.69) is 5.32 Å². The standard InChI is InChI=1S/C19H21NO4/c1-13-7-9-15(10-8-13)22-11-14(2)20-19(21)18-12-23-16-5-3-4-6-17(16)24-18/h3-10,14,18H,11-12H2,1-2H3,(H,20,21)/t14-,18-/m1/s1. The van der Waals surface area contributed by atoms with E-state index in [0.29, 0.717) is 18.1 Å². The van der Waals surface area contributed by atoms with Crippen LogP contribution in [-0.4, -0.2) is 31.3 Å². The minimum atomic E-state index is -0.651. The number of ether oxygens (including phenoxy) is 3. The van der Waals surface area contributed by atoms with Crippen molar-refractivity contribution in [3.05, 3.63) is 54.1 Å². The third kappa shape index (κ3) is 3.98. The maximum atomic E-state index is 12.3. The van der Waals surface area contributed by atoms with Crippen LogP contribution in [0.4, 0.5) is 0 Å². The fraction of sp³-hybridized carbons (Fsp3) is 0.316. The number of amides is 1. The van der Waals surface area contributed by atoms with Crippen molar-refractivity contribution in [2.75, 3.05) is 13.2 Å². The fourth-order valence-corrected chi connectivity index (χ4v) is 2.38. The maximum Gasteiger partial charge on any atom is 0.265 e. The molecule has 1 heterocycles. The first-order chi connectivity index (χ1) is 11.6. The van der Waals surface area contributed by atoms with Gasteiger partial charge in [0.1, 0.15) is 19.0 Å². The molecule has 0 saturated carbocycles. The highest BCUT2D eigenvalue weighted by Crippen LogP contribution is 2.30. The molecule has 0 radical (unpaired) electrons. The van der Waals surface area contributed by atoms with E-state index in [-0.39, 0.29) is 18.6 Å². The van der Waals surface area contributed by atoms with E-state index in [4.69, 9.17) is 14.2 Å². The Morgan fingerprint density at radius 3 is 2.67 bits per heavy atom. The lowest BCUT2D eigenvalue weighted by Crippen LogP contribution is -2.48. The zero-order chi connectivity index (χ0) is 16.9. The second-order valence-corrected chi connectivity index (χ2v) is 5.90. The molecule has 0 saturated heterocycles. The molecule has 0 fully saturated rings. The van der Waals surface area contributed by atoms with Crippen molar-refractivity contribution in [3.8, 4) is 17.2 Å². The van der Waals surface area contributed by atoms with Gasteiger partial charge in [0.15, 0.2) is 11.5 Å². The van der Waals surface area contributed by atoms with E-state index >= 15 is 0 Å². The Balaban J connectivity index is 1.49. The number of hydrogen-bond donors (Lipinski definition) is 1. The van der Waals surface area contributed by atoms with Crippen molar-refractivity contribution >= 4 is 5.91 Å². The molecule has 2 atom stereocenters. The first-order valence-electron chi connectivity index (χ1n) is 8.00. The topological polar surface area (TPSA) is 56.8 Å². The Labute approximate surface area is 141 Å². The summed E-state index contributed by atoms with van der Waals surface area (Å²) in [6.45, 7) is 4.51.